The largest absolute Gasteiger partial charge is 0.462 e. The van der Waals surface area contributed by atoms with Crippen LogP contribution in [-0.4, -0.2) is 49.2 Å². The minimum absolute atomic E-state index is 0.0520. The summed E-state index contributed by atoms with van der Waals surface area (Å²) < 4.78 is 6.72. The lowest BCUT2D eigenvalue weighted by Gasteiger charge is -2.15. The number of esters is 1. The third-order valence-corrected chi connectivity index (χ3v) is 5.78. The number of ether oxygens (including phenoxy) is 1. The molecule has 30 heavy (non-hydrogen) atoms. The second-order valence-electron chi connectivity index (χ2n) is 6.80. The average Bonchev–Trinajstić information content (AvgIpc) is 3.23. The number of carbonyl (C=O) groups is 3. The van der Waals surface area contributed by atoms with Gasteiger partial charge in [-0.15, -0.1) is 10.2 Å². The molecule has 0 N–H and O–H groups in total. The number of hydrogen-bond acceptors (Lipinski definition) is 8. The Labute approximate surface area is 176 Å². The molecule has 2 amide bonds. The number of anilines is 1. The van der Waals surface area contributed by atoms with E-state index in [-0.39, 0.29) is 24.8 Å². The number of carbonyl (C=O) groups excluding carboxylic acids is 3. The van der Waals surface area contributed by atoms with Crippen molar-refractivity contribution in [2.45, 2.75) is 37.6 Å². The third-order valence-electron chi connectivity index (χ3n) is 4.65. The van der Waals surface area contributed by atoms with Crippen molar-refractivity contribution in [2.24, 2.45) is 0 Å². The summed E-state index contributed by atoms with van der Waals surface area (Å²) in [7, 11) is 0. The van der Waals surface area contributed by atoms with Gasteiger partial charge in [0, 0.05) is 17.8 Å². The van der Waals surface area contributed by atoms with Crippen molar-refractivity contribution in [1.29, 1.82) is 0 Å². The lowest BCUT2D eigenvalue weighted by atomic mass is 10.2. The van der Waals surface area contributed by atoms with E-state index in [9.17, 15) is 14.4 Å². The van der Waals surface area contributed by atoms with Crippen LogP contribution in [0.5, 0.6) is 0 Å². The molecule has 1 aliphatic heterocycles. The van der Waals surface area contributed by atoms with Gasteiger partial charge in [0.15, 0.2) is 5.16 Å². The third kappa shape index (κ3) is 3.54. The van der Waals surface area contributed by atoms with E-state index in [1.165, 1.54) is 23.9 Å². The molecule has 0 unspecified atom stereocenters. The molecule has 0 radical (unpaired) electrons. The maximum absolute atomic E-state index is 13.0. The summed E-state index contributed by atoms with van der Waals surface area (Å²) >= 11 is 1.20. The van der Waals surface area contributed by atoms with E-state index < -0.39 is 11.2 Å². The molecule has 1 saturated heterocycles. The molecule has 9 nitrogen and oxygen atoms in total. The Bertz CT molecular complexity index is 1160. The number of thioether (sulfide) groups is 1. The first kappa shape index (κ1) is 20.0. The Morgan fingerprint density at radius 2 is 1.93 bits per heavy atom. The smallest absolute Gasteiger partial charge is 0.338 e. The van der Waals surface area contributed by atoms with Gasteiger partial charge in [0.2, 0.25) is 11.8 Å². The normalized spacial score (nSPS) is 16.5. The van der Waals surface area contributed by atoms with Gasteiger partial charge in [0.25, 0.3) is 5.78 Å². The van der Waals surface area contributed by atoms with Crippen LogP contribution in [0, 0.1) is 13.8 Å². The Morgan fingerprint density at radius 3 is 2.63 bits per heavy atom. The highest BCUT2D eigenvalue weighted by Crippen LogP contribution is 2.33. The molecule has 0 bridgehead atoms. The van der Waals surface area contributed by atoms with Crippen LogP contribution in [0.3, 0.4) is 0 Å². The van der Waals surface area contributed by atoms with Gasteiger partial charge in [-0.2, -0.15) is 0 Å². The molecule has 1 atom stereocenters. The van der Waals surface area contributed by atoms with Crippen LogP contribution >= 0.6 is 11.8 Å². The van der Waals surface area contributed by atoms with Crippen LogP contribution in [0.4, 0.5) is 5.69 Å². The molecule has 4 rings (SSSR count). The number of fused-ring (bicyclic) bond motifs is 1. The SMILES string of the molecule is CCOC(=O)c1ccc(N2C(=O)C[C@@H](Sc3nnc4nc(C)cc(C)n34)C2=O)cc1. The molecule has 1 aromatic carbocycles. The number of rotatable bonds is 5. The summed E-state index contributed by atoms with van der Waals surface area (Å²) in [5, 5.41) is 8.12. The monoisotopic (exact) mass is 425 g/mol. The highest BCUT2D eigenvalue weighted by molar-refractivity contribution is 8.00. The molecule has 154 valence electrons. The van der Waals surface area contributed by atoms with E-state index in [1.807, 2.05) is 19.9 Å². The van der Waals surface area contributed by atoms with Crippen molar-refractivity contribution in [2.75, 3.05) is 11.5 Å². The molecule has 2 aromatic heterocycles. The van der Waals surface area contributed by atoms with E-state index in [0.29, 0.717) is 22.2 Å². The van der Waals surface area contributed by atoms with Gasteiger partial charge in [-0.25, -0.2) is 14.7 Å². The first-order valence-electron chi connectivity index (χ1n) is 9.39. The average molecular weight is 425 g/mol. The van der Waals surface area contributed by atoms with E-state index >= 15 is 0 Å². The molecule has 0 saturated carbocycles. The summed E-state index contributed by atoms with van der Waals surface area (Å²) in [6.45, 7) is 5.78. The summed E-state index contributed by atoms with van der Waals surface area (Å²) in [6.07, 6.45) is 0.0520. The van der Waals surface area contributed by atoms with Gasteiger partial charge in [0.05, 0.1) is 17.9 Å². The van der Waals surface area contributed by atoms with Gasteiger partial charge < -0.3 is 4.74 Å². The van der Waals surface area contributed by atoms with E-state index in [0.717, 1.165) is 16.3 Å². The Morgan fingerprint density at radius 1 is 1.20 bits per heavy atom. The minimum atomic E-state index is -0.615. The number of benzene rings is 1. The Balaban J connectivity index is 1.56. The summed E-state index contributed by atoms with van der Waals surface area (Å²) in [4.78, 5) is 42.8. The summed E-state index contributed by atoms with van der Waals surface area (Å²) in [5.74, 6) is -0.628. The summed E-state index contributed by atoms with van der Waals surface area (Å²) in [6, 6.07) is 8.12. The Hall–Kier alpha value is -3.27. The predicted octanol–water partition coefficient (Wildman–Crippen LogP) is 2.34. The van der Waals surface area contributed by atoms with Crippen LogP contribution in [0.2, 0.25) is 0 Å². The van der Waals surface area contributed by atoms with Crippen molar-refractivity contribution < 1.29 is 19.1 Å². The van der Waals surface area contributed by atoms with E-state index in [1.54, 1.807) is 23.5 Å². The van der Waals surface area contributed by atoms with Gasteiger partial charge in [-0.3, -0.25) is 14.0 Å². The molecule has 0 aliphatic carbocycles. The predicted molar refractivity (Wildman–Crippen MR) is 109 cm³/mol. The number of aryl methyl sites for hydroxylation is 2. The zero-order valence-corrected chi connectivity index (χ0v) is 17.5. The molecular weight excluding hydrogens is 406 g/mol. The number of amides is 2. The first-order chi connectivity index (χ1) is 14.4. The van der Waals surface area contributed by atoms with Crippen molar-refractivity contribution >= 4 is 41.0 Å². The molecule has 10 heteroatoms. The standard InChI is InChI=1S/C20H19N5O4S/c1-4-29-18(28)13-5-7-14(8-6-13)25-16(26)10-15(17(25)27)30-20-23-22-19-21-11(2)9-12(3)24(19)20/h5-9,15H,4,10H2,1-3H3/t15-/m1/s1. The fourth-order valence-corrected chi connectivity index (χ4v) is 4.44. The molecular formula is C20H19N5O4S. The summed E-state index contributed by atoms with van der Waals surface area (Å²) in [5.41, 5.74) is 2.50. The lowest BCUT2D eigenvalue weighted by Crippen LogP contribution is -2.31. The number of aromatic nitrogens is 4. The van der Waals surface area contributed by atoms with Gasteiger partial charge in [-0.1, -0.05) is 11.8 Å². The quantitative estimate of drug-likeness (QED) is 0.453. The van der Waals surface area contributed by atoms with Gasteiger partial charge in [0.1, 0.15) is 5.25 Å². The maximum atomic E-state index is 13.0. The molecule has 0 spiro atoms. The minimum Gasteiger partial charge on any atom is -0.462 e. The fraction of sp³-hybridized carbons (Fsp3) is 0.300. The molecule has 1 aliphatic rings. The molecule has 3 heterocycles. The van der Waals surface area contributed by atoms with Crippen molar-refractivity contribution in [3.8, 4) is 0 Å². The van der Waals surface area contributed by atoms with E-state index in [4.69, 9.17) is 4.74 Å². The lowest BCUT2D eigenvalue weighted by molar-refractivity contribution is -0.121. The van der Waals surface area contributed by atoms with Crippen LogP contribution in [0.15, 0.2) is 35.5 Å². The second-order valence-corrected chi connectivity index (χ2v) is 7.97. The van der Waals surface area contributed by atoms with Crippen LogP contribution in [0.1, 0.15) is 35.1 Å². The number of nitrogens with zero attached hydrogens (tertiary/aromatic N) is 5. The maximum Gasteiger partial charge on any atom is 0.338 e. The molecule has 3 aromatic rings. The zero-order chi connectivity index (χ0) is 21.4. The number of hydrogen-bond donors (Lipinski definition) is 0. The van der Waals surface area contributed by atoms with Crippen molar-refractivity contribution in [3.63, 3.8) is 0 Å². The highest BCUT2D eigenvalue weighted by Gasteiger charge is 2.41. The highest BCUT2D eigenvalue weighted by atomic mass is 32.2. The van der Waals surface area contributed by atoms with Gasteiger partial charge in [-0.05, 0) is 51.1 Å². The van der Waals surface area contributed by atoms with E-state index in [2.05, 4.69) is 15.2 Å². The van der Waals surface area contributed by atoms with Gasteiger partial charge >= 0.3 is 5.97 Å². The number of imide groups is 1. The second kappa shape index (κ2) is 7.86. The van der Waals surface area contributed by atoms with Crippen LogP contribution < -0.4 is 4.90 Å². The first-order valence-corrected chi connectivity index (χ1v) is 10.3. The topological polar surface area (TPSA) is 107 Å². The molecule has 1 fully saturated rings. The van der Waals surface area contributed by atoms with Crippen LogP contribution in [-0.2, 0) is 14.3 Å². The fourth-order valence-electron chi connectivity index (χ4n) is 3.33. The van der Waals surface area contributed by atoms with Crippen molar-refractivity contribution in [3.05, 3.63) is 47.3 Å². The Kier molecular flexibility index (Phi) is 5.25. The van der Waals surface area contributed by atoms with Crippen molar-refractivity contribution in [1.82, 2.24) is 19.6 Å². The van der Waals surface area contributed by atoms with Crippen LogP contribution in [0.25, 0.3) is 5.78 Å². The zero-order valence-electron chi connectivity index (χ0n) is 16.7.